The van der Waals surface area contributed by atoms with E-state index in [1.807, 2.05) is 45.1 Å². The molecule has 0 fully saturated rings. The number of anilines is 1. The normalized spacial score (nSPS) is 11.1. The molecule has 124 valence electrons. The van der Waals surface area contributed by atoms with E-state index in [1.165, 1.54) is 0 Å². The van der Waals surface area contributed by atoms with Gasteiger partial charge in [0.05, 0.1) is 0 Å². The number of nitrogens with zero attached hydrogens (tertiary/aromatic N) is 3. The lowest BCUT2D eigenvalue weighted by atomic mass is 10.2. The Balaban J connectivity index is 2.36. The largest absolute Gasteiger partial charge is 0.444 e. The molecule has 1 rings (SSSR count). The van der Waals surface area contributed by atoms with Gasteiger partial charge in [-0.05, 0) is 39.2 Å². The molecule has 0 bridgehead atoms. The standard InChI is InChI=1S/C16H28N4O2/c1-6-7-8-13-11-18-14(19-12-13)20(5)10-9-17-15(21)22-16(2,3)4/h11-12H,6-10H2,1-5H3,(H,17,21). The highest BCUT2D eigenvalue weighted by molar-refractivity contribution is 5.67. The Morgan fingerprint density at radius 3 is 2.50 bits per heavy atom. The molecule has 6 nitrogen and oxygen atoms in total. The molecule has 1 aromatic rings. The summed E-state index contributed by atoms with van der Waals surface area (Å²) < 4.78 is 5.18. The van der Waals surface area contributed by atoms with E-state index >= 15 is 0 Å². The van der Waals surface area contributed by atoms with Crippen LogP contribution >= 0.6 is 0 Å². The first kappa shape index (κ1) is 18.2. The van der Waals surface area contributed by atoms with Crippen molar-refractivity contribution < 1.29 is 9.53 Å². The zero-order valence-electron chi connectivity index (χ0n) is 14.3. The van der Waals surface area contributed by atoms with E-state index in [0.717, 1.165) is 24.8 Å². The second-order valence-electron chi connectivity index (χ2n) is 6.35. The van der Waals surface area contributed by atoms with E-state index in [9.17, 15) is 4.79 Å². The van der Waals surface area contributed by atoms with Crippen molar-refractivity contribution in [1.82, 2.24) is 15.3 Å². The molecule has 0 saturated heterocycles. The average molecular weight is 308 g/mol. The van der Waals surface area contributed by atoms with Crippen molar-refractivity contribution >= 4 is 12.0 Å². The molecule has 0 aliphatic rings. The van der Waals surface area contributed by atoms with E-state index in [0.29, 0.717) is 19.0 Å². The van der Waals surface area contributed by atoms with Crippen molar-refractivity contribution in [1.29, 1.82) is 0 Å². The third-order valence-electron chi connectivity index (χ3n) is 2.97. The molecule has 0 atom stereocenters. The van der Waals surface area contributed by atoms with Crippen LogP contribution in [0.1, 0.15) is 46.1 Å². The molecule has 22 heavy (non-hydrogen) atoms. The molecule has 6 heteroatoms. The van der Waals surface area contributed by atoms with Gasteiger partial charge in [0.25, 0.3) is 0 Å². The van der Waals surface area contributed by atoms with Crippen LogP contribution < -0.4 is 10.2 Å². The lowest BCUT2D eigenvalue weighted by Gasteiger charge is -2.21. The number of amides is 1. The molecule has 0 radical (unpaired) electrons. The molecule has 0 spiro atoms. The first-order valence-corrected chi connectivity index (χ1v) is 7.80. The minimum atomic E-state index is -0.479. The number of carbonyl (C=O) groups excluding carboxylic acids is 1. The Morgan fingerprint density at radius 1 is 1.32 bits per heavy atom. The van der Waals surface area contributed by atoms with Gasteiger partial charge in [0.2, 0.25) is 5.95 Å². The summed E-state index contributed by atoms with van der Waals surface area (Å²) >= 11 is 0. The number of unbranched alkanes of at least 4 members (excludes halogenated alkanes) is 1. The van der Waals surface area contributed by atoms with Gasteiger partial charge in [-0.2, -0.15) is 0 Å². The fourth-order valence-electron chi connectivity index (χ4n) is 1.79. The van der Waals surface area contributed by atoms with Gasteiger partial charge in [-0.15, -0.1) is 0 Å². The topological polar surface area (TPSA) is 67.4 Å². The number of ether oxygens (including phenoxy) is 1. The number of rotatable bonds is 7. The van der Waals surface area contributed by atoms with Gasteiger partial charge in [0.15, 0.2) is 0 Å². The molecular formula is C16H28N4O2. The maximum absolute atomic E-state index is 11.5. The van der Waals surface area contributed by atoms with Crippen LogP contribution in [0.25, 0.3) is 0 Å². The predicted octanol–water partition coefficient (Wildman–Crippen LogP) is 2.78. The zero-order chi connectivity index (χ0) is 16.6. The van der Waals surface area contributed by atoms with Gasteiger partial charge in [-0.1, -0.05) is 13.3 Å². The first-order chi connectivity index (χ1) is 10.3. The summed E-state index contributed by atoms with van der Waals surface area (Å²) in [5.41, 5.74) is 0.679. The quantitative estimate of drug-likeness (QED) is 0.839. The van der Waals surface area contributed by atoms with E-state index < -0.39 is 11.7 Å². The summed E-state index contributed by atoms with van der Waals surface area (Å²) in [6, 6.07) is 0. The van der Waals surface area contributed by atoms with Gasteiger partial charge < -0.3 is 15.0 Å². The maximum Gasteiger partial charge on any atom is 0.407 e. The molecule has 1 heterocycles. The number of likely N-dealkylation sites (N-methyl/N-ethyl adjacent to an activating group) is 1. The number of aryl methyl sites for hydroxylation is 1. The van der Waals surface area contributed by atoms with Crippen molar-refractivity contribution in [3.8, 4) is 0 Å². The van der Waals surface area contributed by atoms with Crippen LogP contribution in [0.3, 0.4) is 0 Å². The van der Waals surface area contributed by atoms with Crippen LogP contribution in [-0.4, -0.2) is 41.8 Å². The molecule has 0 unspecified atom stereocenters. The van der Waals surface area contributed by atoms with Gasteiger partial charge in [0, 0.05) is 32.5 Å². The number of aromatic nitrogens is 2. The van der Waals surface area contributed by atoms with Gasteiger partial charge in [-0.25, -0.2) is 14.8 Å². The fourth-order valence-corrected chi connectivity index (χ4v) is 1.79. The Bertz CT molecular complexity index is 454. The SMILES string of the molecule is CCCCc1cnc(N(C)CCNC(=O)OC(C)(C)C)nc1. The number of alkyl carbamates (subject to hydrolysis) is 1. The Hall–Kier alpha value is -1.85. The lowest BCUT2D eigenvalue weighted by Crippen LogP contribution is -2.37. The van der Waals surface area contributed by atoms with Gasteiger partial charge in [0.1, 0.15) is 5.60 Å². The Labute approximate surface area is 133 Å². The summed E-state index contributed by atoms with van der Waals surface area (Å²) in [7, 11) is 1.90. The second-order valence-corrected chi connectivity index (χ2v) is 6.35. The zero-order valence-corrected chi connectivity index (χ0v) is 14.3. The van der Waals surface area contributed by atoms with Crippen molar-refractivity contribution in [2.75, 3.05) is 25.0 Å². The third kappa shape index (κ3) is 7.24. The van der Waals surface area contributed by atoms with Crippen molar-refractivity contribution in [2.24, 2.45) is 0 Å². The third-order valence-corrected chi connectivity index (χ3v) is 2.97. The van der Waals surface area contributed by atoms with Crippen molar-refractivity contribution in [3.63, 3.8) is 0 Å². The number of hydrogen-bond acceptors (Lipinski definition) is 5. The van der Waals surface area contributed by atoms with E-state index in [2.05, 4.69) is 22.2 Å². The van der Waals surface area contributed by atoms with E-state index in [-0.39, 0.29) is 0 Å². The number of carbonyl (C=O) groups is 1. The van der Waals surface area contributed by atoms with Crippen LogP contribution in [0.2, 0.25) is 0 Å². The lowest BCUT2D eigenvalue weighted by molar-refractivity contribution is 0.0529. The minimum absolute atomic E-state index is 0.406. The smallest absolute Gasteiger partial charge is 0.407 e. The Kier molecular flexibility index (Phi) is 7.08. The molecule has 0 aliphatic carbocycles. The molecule has 0 aromatic carbocycles. The van der Waals surface area contributed by atoms with Crippen molar-refractivity contribution in [3.05, 3.63) is 18.0 Å². The maximum atomic E-state index is 11.5. The average Bonchev–Trinajstić information content (AvgIpc) is 2.43. The van der Waals surface area contributed by atoms with Crippen molar-refractivity contribution in [2.45, 2.75) is 52.6 Å². The fraction of sp³-hybridized carbons (Fsp3) is 0.688. The number of hydrogen-bond donors (Lipinski definition) is 1. The summed E-state index contributed by atoms with van der Waals surface area (Å²) in [5, 5.41) is 2.72. The summed E-state index contributed by atoms with van der Waals surface area (Å²) in [5.74, 6) is 0.659. The highest BCUT2D eigenvalue weighted by atomic mass is 16.6. The predicted molar refractivity (Wildman–Crippen MR) is 88.2 cm³/mol. The van der Waals surface area contributed by atoms with Crippen LogP contribution in [0.4, 0.5) is 10.7 Å². The highest BCUT2D eigenvalue weighted by Gasteiger charge is 2.15. The molecule has 1 aromatic heterocycles. The van der Waals surface area contributed by atoms with E-state index in [1.54, 1.807) is 0 Å². The first-order valence-electron chi connectivity index (χ1n) is 7.80. The number of nitrogens with one attached hydrogen (secondary N) is 1. The van der Waals surface area contributed by atoms with Crippen LogP contribution in [0.5, 0.6) is 0 Å². The van der Waals surface area contributed by atoms with Crippen LogP contribution in [0.15, 0.2) is 12.4 Å². The minimum Gasteiger partial charge on any atom is -0.444 e. The molecule has 0 saturated carbocycles. The highest BCUT2D eigenvalue weighted by Crippen LogP contribution is 2.08. The molecule has 1 N–H and O–H groups in total. The second kappa shape index (κ2) is 8.56. The van der Waals surface area contributed by atoms with Gasteiger partial charge >= 0.3 is 6.09 Å². The van der Waals surface area contributed by atoms with Crippen LogP contribution in [0, 0.1) is 0 Å². The summed E-state index contributed by atoms with van der Waals surface area (Å²) in [4.78, 5) is 22.2. The molecule has 1 amide bonds. The Morgan fingerprint density at radius 2 is 1.95 bits per heavy atom. The molecular weight excluding hydrogens is 280 g/mol. The monoisotopic (exact) mass is 308 g/mol. The summed E-state index contributed by atoms with van der Waals surface area (Å²) in [6.45, 7) is 8.78. The van der Waals surface area contributed by atoms with Gasteiger partial charge in [-0.3, -0.25) is 0 Å². The van der Waals surface area contributed by atoms with E-state index in [4.69, 9.17) is 4.74 Å². The van der Waals surface area contributed by atoms with Crippen LogP contribution in [-0.2, 0) is 11.2 Å². The summed E-state index contributed by atoms with van der Waals surface area (Å²) in [6.07, 6.45) is 6.67. The molecule has 0 aliphatic heterocycles.